The summed E-state index contributed by atoms with van der Waals surface area (Å²) in [6.07, 6.45) is 4.08. The minimum Gasteiger partial charge on any atom is -0.463 e. The molecule has 15 heavy (non-hydrogen) atoms. The summed E-state index contributed by atoms with van der Waals surface area (Å²) >= 11 is 0. The number of nitrogens with one attached hydrogen (secondary N) is 1. The van der Waals surface area contributed by atoms with Crippen LogP contribution in [0.4, 0.5) is 0 Å². The second-order valence-electron chi connectivity index (χ2n) is 4.40. The molecule has 0 amide bonds. The summed E-state index contributed by atoms with van der Waals surface area (Å²) in [5.41, 5.74) is 0. The molecule has 1 heterocycles. The lowest BCUT2D eigenvalue weighted by atomic mass is 9.92. The van der Waals surface area contributed by atoms with E-state index in [0.717, 1.165) is 30.7 Å². The van der Waals surface area contributed by atoms with Gasteiger partial charge < -0.3 is 9.73 Å². The standard InChI is InChI=1S/C12H20N2O/c1-13-8-11-6-7-12(15-11)9-14(2)10-4-3-5-10/h6-7,10,13H,3-5,8-9H2,1-2H3. The third-order valence-corrected chi connectivity index (χ3v) is 3.17. The van der Waals surface area contributed by atoms with Gasteiger partial charge in [0.2, 0.25) is 0 Å². The SMILES string of the molecule is CNCc1ccc(CN(C)C2CCC2)o1. The quantitative estimate of drug-likeness (QED) is 0.802. The van der Waals surface area contributed by atoms with Crippen LogP contribution in [-0.4, -0.2) is 25.0 Å². The largest absolute Gasteiger partial charge is 0.463 e. The van der Waals surface area contributed by atoms with Crippen LogP contribution >= 0.6 is 0 Å². The van der Waals surface area contributed by atoms with Crippen LogP contribution in [0.3, 0.4) is 0 Å². The van der Waals surface area contributed by atoms with Gasteiger partial charge in [-0.15, -0.1) is 0 Å². The van der Waals surface area contributed by atoms with Crippen molar-refractivity contribution >= 4 is 0 Å². The molecule has 0 aliphatic heterocycles. The molecular formula is C12H20N2O. The van der Waals surface area contributed by atoms with E-state index in [0.29, 0.717) is 0 Å². The summed E-state index contributed by atoms with van der Waals surface area (Å²) < 4.78 is 5.71. The lowest BCUT2D eigenvalue weighted by molar-refractivity contribution is 0.142. The minimum absolute atomic E-state index is 0.780. The predicted octanol–water partition coefficient (Wildman–Crippen LogP) is 1.98. The molecule has 0 unspecified atom stereocenters. The average Bonchev–Trinajstić information content (AvgIpc) is 2.49. The minimum atomic E-state index is 0.780. The third-order valence-electron chi connectivity index (χ3n) is 3.17. The van der Waals surface area contributed by atoms with Gasteiger partial charge in [-0.1, -0.05) is 6.42 Å². The molecule has 0 bridgehead atoms. The summed E-state index contributed by atoms with van der Waals surface area (Å²) in [7, 11) is 4.12. The van der Waals surface area contributed by atoms with E-state index in [9.17, 15) is 0 Å². The van der Waals surface area contributed by atoms with E-state index in [4.69, 9.17) is 4.42 Å². The van der Waals surface area contributed by atoms with E-state index in [-0.39, 0.29) is 0 Å². The summed E-state index contributed by atoms with van der Waals surface area (Å²) in [6.45, 7) is 1.75. The molecule has 1 N–H and O–H groups in total. The molecule has 1 saturated carbocycles. The molecule has 1 aromatic rings. The van der Waals surface area contributed by atoms with Crippen molar-refractivity contribution in [1.29, 1.82) is 0 Å². The Bertz CT molecular complexity index is 304. The van der Waals surface area contributed by atoms with Gasteiger partial charge in [-0.2, -0.15) is 0 Å². The Balaban J connectivity index is 1.86. The van der Waals surface area contributed by atoms with Crippen molar-refractivity contribution in [2.45, 2.75) is 38.4 Å². The van der Waals surface area contributed by atoms with Gasteiger partial charge in [-0.05, 0) is 39.1 Å². The molecule has 0 radical (unpaired) electrons. The molecule has 1 aromatic heterocycles. The molecular weight excluding hydrogens is 188 g/mol. The van der Waals surface area contributed by atoms with Gasteiger partial charge in [0.15, 0.2) is 0 Å². The first kappa shape index (κ1) is 10.7. The molecule has 0 saturated heterocycles. The fourth-order valence-corrected chi connectivity index (χ4v) is 1.98. The third kappa shape index (κ3) is 2.61. The zero-order valence-electron chi connectivity index (χ0n) is 9.62. The van der Waals surface area contributed by atoms with E-state index in [1.54, 1.807) is 0 Å². The van der Waals surface area contributed by atoms with E-state index >= 15 is 0 Å². The van der Waals surface area contributed by atoms with Gasteiger partial charge in [0.1, 0.15) is 11.5 Å². The van der Waals surface area contributed by atoms with Gasteiger partial charge >= 0.3 is 0 Å². The molecule has 2 rings (SSSR count). The zero-order chi connectivity index (χ0) is 10.7. The summed E-state index contributed by atoms with van der Waals surface area (Å²) in [5, 5.41) is 3.09. The Morgan fingerprint density at radius 1 is 1.40 bits per heavy atom. The molecule has 1 aliphatic rings. The Kier molecular flexibility index (Phi) is 3.44. The second kappa shape index (κ2) is 4.81. The van der Waals surface area contributed by atoms with Crippen LogP contribution in [-0.2, 0) is 13.1 Å². The summed E-state index contributed by atoms with van der Waals surface area (Å²) in [4.78, 5) is 2.39. The summed E-state index contributed by atoms with van der Waals surface area (Å²) in [5.74, 6) is 2.10. The first-order chi connectivity index (χ1) is 7.29. The molecule has 3 nitrogen and oxygen atoms in total. The fourth-order valence-electron chi connectivity index (χ4n) is 1.98. The van der Waals surface area contributed by atoms with Crippen molar-refractivity contribution in [3.8, 4) is 0 Å². The van der Waals surface area contributed by atoms with Crippen LogP contribution < -0.4 is 5.32 Å². The van der Waals surface area contributed by atoms with Crippen LogP contribution in [0.5, 0.6) is 0 Å². The average molecular weight is 208 g/mol. The Morgan fingerprint density at radius 3 is 2.73 bits per heavy atom. The molecule has 1 aliphatic carbocycles. The van der Waals surface area contributed by atoms with Crippen LogP contribution in [0.2, 0.25) is 0 Å². The molecule has 0 aromatic carbocycles. The predicted molar refractivity (Wildman–Crippen MR) is 60.6 cm³/mol. The molecule has 1 fully saturated rings. The van der Waals surface area contributed by atoms with Crippen molar-refractivity contribution in [2.75, 3.05) is 14.1 Å². The normalized spacial score (nSPS) is 17.0. The number of rotatable bonds is 5. The van der Waals surface area contributed by atoms with Crippen LogP contribution in [0.1, 0.15) is 30.8 Å². The highest BCUT2D eigenvalue weighted by molar-refractivity contribution is 5.07. The Labute approximate surface area is 91.4 Å². The summed E-state index contributed by atoms with van der Waals surface area (Å²) in [6, 6.07) is 4.92. The maximum absolute atomic E-state index is 5.71. The van der Waals surface area contributed by atoms with Gasteiger partial charge in [-0.3, -0.25) is 4.90 Å². The maximum Gasteiger partial charge on any atom is 0.118 e. The Morgan fingerprint density at radius 2 is 2.13 bits per heavy atom. The topological polar surface area (TPSA) is 28.4 Å². The highest BCUT2D eigenvalue weighted by Gasteiger charge is 2.22. The molecule has 0 atom stereocenters. The fraction of sp³-hybridized carbons (Fsp3) is 0.667. The van der Waals surface area contributed by atoms with E-state index < -0.39 is 0 Å². The number of nitrogens with zero attached hydrogens (tertiary/aromatic N) is 1. The first-order valence-electron chi connectivity index (χ1n) is 5.72. The van der Waals surface area contributed by atoms with Gasteiger partial charge in [0.05, 0.1) is 13.1 Å². The van der Waals surface area contributed by atoms with Crippen LogP contribution in [0, 0.1) is 0 Å². The van der Waals surface area contributed by atoms with Crippen LogP contribution in [0.25, 0.3) is 0 Å². The van der Waals surface area contributed by atoms with E-state index in [2.05, 4.69) is 29.4 Å². The zero-order valence-corrected chi connectivity index (χ0v) is 9.62. The van der Waals surface area contributed by atoms with Crippen LogP contribution in [0.15, 0.2) is 16.5 Å². The number of hydrogen-bond donors (Lipinski definition) is 1. The van der Waals surface area contributed by atoms with Gasteiger partial charge in [-0.25, -0.2) is 0 Å². The highest BCUT2D eigenvalue weighted by atomic mass is 16.3. The maximum atomic E-state index is 5.71. The first-order valence-corrected chi connectivity index (χ1v) is 5.72. The van der Waals surface area contributed by atoms with Gasteiger partial charge in [0, 0.05) is 6.04 Å². The highest BCUT2D eigenvalue weighted by Crippen LogP contribution is 2.25. The number of furan rings is 1. The van der Waals surface area contributed by atoms with Crippen molar-refractivity contribution in [3.63, 3.8) is 0 Å². The van der Waals surface area contributed by atoms with Crippen molar-refractivity contribution < 1.29 is 4.42 Å². The number of hydrogen-bond acceptors (Lipinski definition) is 3. The molecule has 3 heteroatoms. The molecule has 0 spiro atoms. The lowest BCUT2D eigenvalue weighted by Crippen LogP contribution is -2.36. The molecule has 84 valence electrons. The van der Waals surface area contributed by atoms with Crippen molar-refractivity contribution in [2.24, 2.45) is 0 Å². The van der Waals surface area contributed by atoms with Gasteiger partial charge in [0.25, 0.3) is 0 Å². The second-order valence-corrected chi connectivity index (χ2v) is 4.40. The van der Waals surface area contributed by atoms with E-state index in [1.807, 2.05) is 7.05 Å². The Hall–Kier alpha value is -0.800. The van der Waals surface area contributed by atoms with E-state index in [1.165, 1.54) is 19.3 Å². The smallest absolute Gasteiger partial charge is 0.118 e. The van der Waals surface area contributed by atoms with Crippen molar-refractivity contribution in [1.82, 2.24) is 10.2 Å². The van der Waals surface area contributed by atoms with Crippen molar-refractivity contribution in [3.05, 3.63) is 23.7 Å². The monoisotopic (exact) mass is 208 g/mol. The lowest BCUT2D eigenvalue weighted by Gasteiger charge is -2.34.